The van der Waals surface area contributed by atoms with Gasteiger partial charge in [0, 0.05) is 0 Å². The van der Waals surface area contributed by atoms with Gasteiger partial charge in [-0.1, -0.05) is 0 Å². The van der Waals surface area contributed by atoms with Gasteiger partial charge in [-0.15, -0.1) is 0 Å². The number of aliphatic hydroxyl groups is 3. The maximum Gasteiger partial charge on any atom is 0.287 e. The number of aliphatic hydroxyl groups excluding tert-OH is 2. The van der Waals surface area contributed by atoms with Crippen LogP contribution in [-0.2, 0) is 4.74 Å². The summed E-state index contributed by atoms with van der Waals surface area (Å²) in [6, 6.07) is 0. The number of rotatable bonds is 2. The number of nitrogens with one attached hydrogen (secondary N) is 1. The number of hydrogen-bond acceptors (Lipinski definition) is 6. The third-order valence-electron chi connectivity index (χ3n) is 2.47. The fourth-order valence-electron chi connectivity index (χ4n) is 1.50. The second-order valence-corrected chi connectivity index (χ2v) is 4.08. The van der Waals surface area contributed by atoms with Crippen LogP contribution in [0.5, 0.6) is 0 Å². The number of H-pyrrole nitrogens is 1. The molecule has 1 aliphatic heterocycles. The summed E-state index contributed by atoms with van der Waals surface area (Å²) >= 11 is 4.64. The first-order chi connectivity index (χ1) is 9.84. The lowest BCUT2D eigenvalue weighted by molar-refractivity contribution is -0.207. The van der Waals surface area contributed by atoms with Gasteiger partial charge in [0.1, 0.15) is 18.8 Å². The van der Waals surface area contributed by atoms with Crippen molar-refractivity contribution in [2.75, 3.05) is 6.56 Å². The topological polar surface area (TPSA) is 108 Å². The standard InChI is InChI=1S/C9H10F2N2O5S/c10-3-1-13(8(19)12-6(3)17)7-4(15)5(16)9(11,2-14)18-7/h1,4-5,7,14-16H,2H2,(H,12,17,19)/t4-,5+,7-,9-/m1/s1/i2D2,7D. The van der Waals surface area contributed by atoms with E-state index >= 15 is 0 Å². The summed E-state index contributed by atoms with van der Waals surface area (Å²) in [6.07, 6.45) is -7.87. The van der Waals surface area contributed by atoms with Crippen molar-refractivity contribution in [2.45, 2.75) is 24.3 Å². The van der Waals surface area contributed by atoms with E-state index in [-0.39, 0.29) is 4.57 Å². The molecule has 4 atom stereocenters. The minimum atomic E-state index is -3.89. The van der Waals surface area contributed by atoms with Crippen LogP contribution in [0.15, 0.2) is 11.0 Å². The van der Waals surface area contributed by atoms with Gasteiger partial charge in [-0.05, 0) is 12.2 Å². The van der Waals surface area contributed by atoms with Gasteiger partial charge in [0.25, 0.3) is 11.4 Å². The highest BCUT2D eigenvalue weighted by atomic mass is 32.1. The van der Waals surface area contributed by atoms with Crippen LogP contribution in [0.3, 0.4) is 0 Å². The van der Waals surface area contributed by atoms with Gasteiger partial charge < -0.3 is 20.1 Å². The third kappa shape index (κ3) is 2.21. The molecule has 10 heteroatoms. The van der Waals surface area contributed by atoms with Gasteiger partial charge in [0.2, 0.25) is 5.82 Å². The Morgan fingerprint density at radius 3 is 2.89 bits per heavy atom. The number of alkyl halides is 1. The molecule has 0 saturated carbocycles. The van der Waals surface area contributed by atoms with Crippen LogP contribution in [0.25, 0.3) is 0 Å². The summed E-state index contributed by atoms with van der Waals surface area (Å²) in [6.45, 7) is -3.79. The fourth-order valence-corrected chi connectivity index (χ4v) is 1.74. The first-order valence-electron chi connectivity index (χ1n) is 6.34. The predicted octanol–water partition coefficient (Wildman–Crippen LogP) is -1.05. The highest BCUT2D eigenvalue weighted by Gasteiger charge is 2.55. The fraction of sp³-hybridized carbons (Fsp3) is 0.556. The molecule has 0 spiro atoms. The first kappa shape index (κ1) is 10.6. The zero-order valence-electron chi connectivity index (χ0n) is 12.0. The zero-order chi connectivity index (χ0) is 17.1. The van der Waals surface area contributed by atoms with Crippen LogP contribution in [-0.4, -0.2) is 49.5 Å². The molecule has 0 aromatic carbocycles. The Kier molecular flexibility index (Phi) is 2.63. The number of hydrogen-bond donors (Lipinski definition) is 4. The Balaban J connectivity index is 2.64. The molecule has 0 radical (unpaired) electrons. The van der Waals surface area contributed by atoms with Crippen LogP contribution in [0.4, 0.5) is 8.78 Å². The molecule has 0 aliphatic carbocycles. The molecule has 2 rings (SSSR count). The van der Waals surface area contributed by atoms with Crippen LogP contribution in [0.1, 0.15) is 10.3 Å². The van der Waals surface area contributed by atoms with Crippen molar-refractivity contribution in [3.8, 4) is 0 Å². The van der Waals surface area contributed by atoms with E-state index in [0.717, 1.165) is 0 Å². The van der Waals surface area contributed by atoms with Gasteiger partial charge in [-0.2, -0.15) is 4.39 Å². The van der Waals surface area contributed by atoms with Crippen LogP contribution >= 0.6 is 12.2 Å². The minimum Gasteiger partial charge on any atom is -0.390 e. The van der Waals surface area contributed by atoms with Gasteiger partial charge in [-0.25, -0.2) is 4.39 Å². The smallest absolute Gasteiger partial charge is 0.287 e. The molecular weight excluding hydrogens is 286 g/mol. The van der Waals surface area contributed by atoms with Crippen molar-refractivity contribution < 1.29 is 32.9 Å². The molecule has 4 N–H and O–H groups in total. The van der Waals surface area contributed by atoms with Crippen molar-refractivity contribution in [1.29, 1.82) is 0 Å². The lowest BCUT2D eigenvalue weighted by Gasteiger charge is -2.20. The third-order valence-corrected chi connectivity index (χ3v) is 2.77. The minimum absolute atomic E-state index is 0.278. The van der Waals surface area contributed by atoms with E-state index in [1.54, 1.807) is 4.98 Å². The van der Waals surface area contributed by atoms with Crippen LogP contribution in [0, 0.1) is 10.6 Å². The molecule has 0 bridgehead atoms. The number of aromatic nitrogens is 2. The van der Waals surface area contributed by atoms with E-state index in [1.165, 1.54) is 0 Å². The van der Waals surface area contributed by atoms with Crippen LogP contribution in [0.2, 0.25) is 0 Å². The van der Waals surface area contributed by atoms with Gasteiger partial charge in [0.05, 0.1) is 10.3 Å². The number of aromatic amines is 1. The Morgan fingerprint density at radius 2 is 2.37 bits per heavy atom. The quantitative estimate of drug-likeness (QED) is 0.519. The van der Waals surface area contributed by atoms with Gasteiger partial charge in [0.15, 0.2) is 11.0 Å². The Bertz CT molecular complexity index is 724. The monoisotopic (exact) mass is 299 g/mol. The second-order valence-electron chi connectivity index (χ2n) is 3.69. The lowest BCUT2D eigenvalue weighted by atomic mass is 10.1. The van der Waals surface area contributed by atoms with Crippen molar-refractivity contribution in [1.82, 2.24) is 9.55 Å². The molecule has 1 saturated heterocycles. The molecule has 19 heavy (non-hydrogen) atoms. The normalized spacial score (nSPS) is 41.6. The van der Waals surface area contributed by atoms with E-state index in [4.69, 9.17) is 9.22 Å². The number of ether oxygens (including phenoxy) is 1. The van der Waals surface area contributed by atoms with E-state index in [9.17, 15) is 23.8 Å². The van der Waals surface area contributed by atoms with E-state index in [2.05, 4.69) is 17.0 Å². The van der Waals surface area contributed by atoms with Crippen molar-refractivity contribution in [3.05, 3.63) is 27.1 Å². The average molecular weight is 299 g/mol. The van der Waals surface area contributed by atoms with Crippen LogP contribution < -0.4 is 5.56 Å². The number of nitrogens with zero attached hydrogens (tertiary/aromatic N) is 1. The zero-order valence-corrected chi connectivity index (χ0v) is 9.82. The summed E-state index contributed by atoms with van der Waals surface area (Å²) in [7, 11) is 0. The molecule has 7 nitrogen and oxygen atoms in total. The summed E-state index contributed by atoms with van der Waals surface area (Å²) in [5.74, 6) is -5.34. The Labute approximate surface area is 113 Å². The molecule has 106 valence electrons. The maximum absolute atomic E-state index is 14.4. The molecule has 1 aromatic heterocycles. The van der Waals surface area contributed by atoms with Crippen molar-refractivity contribution in [3.63, 3.8) is 0 Å². The molecular formula is C9H10F2N2O5S. The summed E-state index contributed by atoms with van der Waals surface area (Å²) in [5, 5.41) is 28.5. The molecule has 0 unspecified atom stereocenters. The highest BCUT2D eigenvalue weighted by molar-refractivity contribution is 7.71. The highest BCUT2D eigenvalue weighted by Crippen LogP contribution is 2.37. The van der Waals surface area contributed by atoms with Crippen molar-refractivity contribution >= 4 is 12.2 Å². The second kappa shape index (κ2) is 4.72. The summed E-state index contributed by atoms with van der Waals surface area (Å²) in [5.41, 5.74) is -1.25. The lowest BCUT2D eigenvalue weighted by Crippen LogP contribution is -2.42. The predicted molar refractivity (Wildman–Crippen MR) is 58.9 cm³/mol. The Morgan fingerprint density at radius 1 is 1.74 bits per heavy atom. The molecule has 0 amide bonds. The Hall–Kier alpha value is -1.20. The van der Waals surface area contributed by atoms with Gasteiger partial charge in [-0.3, -0.25) is 14.3 Å². The first-order valence-corrected chi connectivity index (χ1v) is 5.25. The van der Waals surface area contributed by atoms with Gasteiger partial charge >= 0.3 is 0 Å². The molecule has 1 aliphatic rings. The van der Waals surface area contributed by atoms with Crippen molar-refractivity contribution in [2.24, 2.45) is 0 Å². The number of halogens is 2. The van der Waals surface area contributed by atoms with E-state index in [0.29, 0.717) is 6.20 Å². The summed E-state index contributed by atoms with van der Waals surface area (Å²) in [4.78, 5) is 12.8. The molecule has 2 heterocycles. The van der Waals surface area contributed by atoms with E-state index < -0.39 is 47.0 Å². The maximum atomic E-state index is 14.4. The largest absolute Gasteiger partial charge is 0.390 e. The molecule has 1 aromatic rings. The summed E-state index contributed by atoms with van der Waals surface area (Å²) < 4.78 is 53.4. The van der Waals surface area contributed by atoms with E-state index in [1.807, 2.05) is 0 Å². The molecule has 1 fully saturated rings. The average Bonchev–Trinajstić information content (AvgIpc) is 2.56. The SMILES string of the molecule is [2H]C([2H])(O)[C@@]1(F)O[C@@]([2H])(n2cc(F)c(=O)[nH]c2=S)[C@H](O)[C@@H]1O.